The van der Waals surface area contributed by atoms with Crippen LogP contribution in [-0.2, 0) is 11.3 Å². The molecule has 1 N–H and O–H groups in total. The van der Waals surface area contributed by atoms with Crippen molar-refractivity contribution in [1.82, 2.24) is 10.1 Å². The number of aliphatic hydroxyl groups excluding tert-OH is 1. The summed E-state index contributed by atoms with van der Waals surface area (Å²) in [6, 6.07) is 10.6. The van der Waals surface area contributed by atoms with E-state index in [1.165, 1.54) is 33.1 Å². The fourth-order valence-electron chi connectivity index (χ4n) is 3.09. The van der Waals surface area contributed by atoms with Crippen molar-refractivity contribution in [2.24, 2.45) is 9.98 Å². The SMILES string of the molecule is COC(=O)N=C(SC)C(=Nc1ccc(-c2noc(C)n2)cc1)c1cc(CO)c(OC)c(OC)c1. The molecule has 0 radical (unpaired) electrons. The average molecular weight is 485 g/mol. The highest BCUT2D eigenvalue weighted by atomic mass is 32.2. The molecule has 11 heteroatoms. The van der Waals surface area contributed by atoms with Gasteiger partial charge in [0.25, 0.3) is 0 Å². The van der Waals surface area contributed by atoms with E-state index >= 15 is 0 Å². The van der Waals surface area contributed by atoms with E-state index in [9.17, 15) is 9.90 Å². The number of benzene rings is 2. The third-order valence-electron chi connectivity index (χ3n) is 4.66. The first-order valence-electron chi connectivity index (χ1n) is 10.0. The molecule has 0 atom stereocenters. The Morgan fingerprint density at radius 1 is 1.15 bits per heavy atom. The predicted octanol–water partition coefficient (Wildman–Crippen LogP) is 4.20. The van der Waals surface area contributed by atoms with Crippen LogP contribution in [0.4, 0.5) is 10.5 Å². The number of aryl methyl sites for hydroxylation is 1. The molecule has 0 spiro atoms. The number of methoxy groups -OCH3 is 3. The number of ether oxygens (including phenoxy) is 3. The Bertz CT molecular complexity index is 1200. The smallest absolute Gasteiger partial charge is 0.434 e. The molecule has 0 bridgehead atoms. The van der Waals surface area contributed by atoms with Crippen molar-refractivity contribution in [2.75, 3.05) is 27.6 Å². The van der Waals surface area contributed by atoms with Gasteiger partial charge in [-0.25, -0.2) is 9.79 Å². The molecule has 0 fully saturated rings. The number of hydrogen-bond donors (Lipinski definition) is 1. The molecule has 0 saturated carbocycles. The molecule has 1 aromatic heterocycles. The quantitative estimate of drug-likeness (QED) is 0.387. The summed E-state index contributed by atoms with van der Waals surface area (Å²) in [7, 11) is 4.24. The zero-order chi connectivity index (χ0) is 24.7. The van der Waals surface area contributed by atoms with Crippen LogP contribution in [0.25, 0.3) is 11.4 Å². The van der Waals surface area contributed by atoms with Crippen LogP contribution in [0.2, 0.25) is 0 Å². The van der Waals surface area contributed by atoms with E-state index in [0.29, 0.717) is 50.8 Å². The molecule has 3 aromatic rings. The third-order valence-corrected chi connectivity index (χ3v) is 5.33. The first kappa shape index (κ1) is 24.9. The Morgan fingerprint density at radius 3 is 2.41 bits per heavy atom. The maximum absolute atomic E-state index is 11.9. The zero-order valence-electron chi connectivity index (χ0n) is 19.4. The molecular weight excluding hydrogens is 460 g/mol. The van der Waals surface area contributed by atoms with Crippen LogP contribution in [0.1, 0.15) is 17.0 Å². The van der Waals surface area contributed by atoms with E-state index < -0.39 is 6.09 Å². The molecule has 178 valence electrons. The van der Waals surface area contributed by atoms with Gasteiger partial charge in [0.15, 0.2) is 11.5 Å². The number of hydrogen-bond acceptors (Lipinski definition) is 10. The molecule has 34 heavy (non-hydrogen) atoms. The largest absolute Gasteiger partial charge is 0.493 e. The number of aromatic nitrogens is 2. The zero-order valence-corrected chi connectivity index (χ0v) is 20.2. The topological polar surface area (TPSA) is 129 Å². The lowest BCUT2D eigenvalue weighted by Crippen LogP contribution is -2.15. The second-order valence-corrected chi connectivity index (χ2v) is 7.56. The van der Waals surface area contributed by atoms with E-state index in [4.69, 9.17) is 23.7 Å². The van der Waals surface area contributed by atoms with Crippen molar-refractivity contribution < 1.29 is 28.6 Å². The van der Waals surface area contributed by atoms with E-state index in [1.54, 1.807) is 37.4 Å². The van der Waals surface area contributed by atoms with Gasteiger partial charge >= 0.3 is 6.09 Å². The Morgan fingerprint density at radius 2 is 1.88 bits per heavy atom. The van der Waals surface area contributed by atoms with Gasteiger partial charge in [0.05, 0.1) is 33.6 Å². The number of rotatable bonds is 7. The summed E-state index contributed by atoms with van der Waals surface area (Å²) in [4.78, 5) is 24.9. The van der Waals surface area contributed by atoms with Crippen molar-refractivity contribution >= 4 is 34.3 Å². The van der Waals surface area contributed by atoms with Gasteiger partial charge in [-0.3, -0.25) is 0 Å². The van der Waals surface area contributed by atoms with E-state index in [0.717, 1.165) is 5.56 Å². The molecule has 1 heterocycles. The molecule has 3 rings (SSSR count). The van der Waals surface area contributed by atoms with Crippen molar-refractivity contribution in [2.45, 2.75) is 13.5 Å². The van der Waals surface area contributed by atoms with Gasteiger partial charge in [0.1, 0.15) is 10.8 Å². The van der Waals surface area contributed by atoms with Crippen molar-refractivity contribution in [3.8, 4) is 22.9 Å². The standard InChI is InChI=1S/C23H24N4O6S/c1-13-24-21(27-33-13)14-6-8-17(9-7-14)25-19(22(34-5)26-23(29)32-4)15-10-16(12-28)20(31-3)18(11-15)30-2/h6-11,28H,12H2,1-5H3. The Labute approximate surface area is 200 Å². The number of carbonyl (C=O) groups is 1. The van der Waals surface area contributed by atoms with Gasteiger partial charge in [-0.05, 0) is 42.7 Å². The lowest BCUT2D eigenvalue weighted by Gasteiger charge is -2.15. The summed E-state index contributed by atoms with van der Waals surface area (Å²) < 4.78 is 20.6. The first-order chi connectivity index (χ1) is 16.4. The van der Waals surface area contributed by atoms with Gasteiger partial charge < -0.3 is 23.8 Å². The summed E-state index contributed by atoms with van der Waals surface area (Å²) in [6.07, 6.45) is 1.01. The predicted molar refractivity (Wildman–Crippen MR) is 129 cm³/mol. The minimum Gasteiger partial charge on any atom is -0.493 e. The minimum atomic E-state index is -0.761. The second kappa shape index (κ2) is 11.4. The molecule has 0 saturated heterocycles. The van der Waals surface area contributed by atoms with E-state index in [-0.39, 0.29) is 6.61 Å². The van der Waals surface area contributed by atoms with Gasteiger partial charge in [0, 0.05) is 23.6 Å². The van der Waals surface area contributed by atoms with Crippen LogP contribution in [0.5, 0.6) is 11.5 Å². The first-order valence-corrected chi connectivity index (χ1v) is 11.2. The molecule has 10 nitrogen and oxygen atoms in total. The average Bonchev–Trinajstić information content (AvgIpc) is 3.31. The number of aliphatic hydroxyl groups is 1. The van der Waals surface area contributed by atoms with Crippen LogP contribution in [0.15, 0.2) is 50.9 Å². The second-order valence-electron chi connectivity index (χ2n) is 6.76. The Balaban J connectivity index is 2.16. The third kappa shape index (κ3) is 5.61. The van der Waals surface area contributed by atoms with Crippen LogP contribution in [0.3, 0.4) is 0 Å². The van der Waals surface area contributed by atoms with Crippen molar-refractivity contribution in [3.63, 3.8) is 0 Å². The molecule has 2 aromatic carbocycles. The summed E-state index contributed by atoms with van der Waals surface area (Å²) >= 11 is 1.23. The Hall–Kier alpha value is -3.70. The fraction of sp³-hybridized carbons (Fsp3) is 0.261. The van der Waals surface area contributed by atoms with Crippen LogP contribution < -0.4 is 9.47 Å². The van der Waals surface area contributed by atoms with E-state index in [2.05, 4.69) is 15.1 Å². The summed E-state index contributed by atoms with van der Waals surface area (Å²) in [5.41, 5.74) is 2.80. The number of nitrogens with zero attached hydrogens (tertiary/aromatic N) is 4. The molecule has 0 aliphatic rings. The molecule has 0 aliphatic carbocycles. The lowest BCUT2D eigenvalue weighted by atomic mass is 10.0. The monoisotopic (exact) mass is 484 g/mol. The highest BCUT2D eigenvalue weighted by Gasteiger charge is 2.19. The van der Waals surface area contributed by atoms with Gasteiger partial charge in [-0.15, -0.1) is 11.8 Å². The highest BCUT2D eigenvalue weighted by molar-refractivity contribution is 8.15. The highest BCUT2D eigenvalue weighted by Crippen LogP contribution is 2.34. The molecule has 1 amide bonds. The number of aliphatic imine (C=N–C) groups is 2. The Kier molecular flexibility index (Phi) is 8.39. The molecule has 0 aliphatic heterocycles. The maximum Gasteiger partial charge on any atom is 0.434 e. The van der Waals surface area contributed by atoms with Crippen molar-refractivity contribution in [3.05, 3.63) is 53.4 Å². The normalized spacial score (nSPS) is 11.9. The summed E-state index contributed by atoms with van der Waals surface area (Å²) in [5.74, 6) is 1.75. The number of thioether (sulfide) groups is 1. The summed E-state index contributed by atoms with van der Waals surface area (Å²) in [6.45, 7) is 1.43. The minimum absolute atomic E-state index is 0.289. The van der Waals surface area contributed by atoms with Gasteiger partial charge in [-0.1, -0.05) is 5.16 Å². The fourth-order valence-corrected chi connectivity index (χ4v) is 3.61. The van der Waals surface area contributed by atoms with Crippen LogP contribution >= 0.6 is 11.8 Å². The van der Waals surface area contributed by atoms with Crippen LogP contribution in [0, 0.1) is 6.92 Å². The lowest BCUT2D eigenvalue weighted by molar-refractivity contribution is 0.183. The van der Waals surface area contributed by atoms with Crippen LogP contribution in [-0.4, -0.2) is 59.7 Å². The maximum atomic E-state index is 11.9. The molecular formula is C23H24N4O6S. The van der Waals surface area contributed by atoms with E-state index in [1.807, 2.05) is 12.1 Å². The number of amides is 1. The van der Waals surface area contributed by atoms with Gasteiger partial charge in [0.2, 0.25) is 11.7 Å². The van der Waals surface area contributed by atoms with Gasteiger partial charge in [-0.2, -0.15) is 9.98 Å². The molecule has 0 unspecified atom stereocenters. The summed E-state index contributed by atoms with van der Waals surface area (Å²) in [5, 5.41) is 14.1. The van der Waals surface area contributed by atoms with Crippen molar-refractivity contribution in [1.29, 1.82) is 0 Å². The number of carbonyl (C=O) groups excluding carboxylic acids is 1.